The molecular formula is C20H25N5O2. The molecule has 0 unspecified atom stereocenters. The fourth-order valence-corrected chi connectivity index (χ4v) is 3.15. The van der Waals surface area contributed by atoms with E-state index in [2.05, 4.69) is 9.88 Å². The molecule has 0 atom stereocenters. The van der Waals surface area contributed by atoms with Gasteiger partial charge in [0, 0.05) is 50.9 Å². The van der Waals surface area contributed by atoms with Gasteiger partial charge in [0.1, 0.15) is 11.5 Å². The molecule has 27 heavy (non-hydrogen) atoms. The summed E-state index contributed by atoms with van der Waals surface area (Å²) in [5.74, 6) is 1.18. The first-order valence-corrected chi connectivity index (χ1v) is 9.34. The highest BCUT2D eigenvalue weighted by atomic mass is 16.2. The van der Waals surface area contributed by atoms with Crippen LogP contribution in [0.2, 0.25) is 0 Å². The van der Waals surface area contributed by atoms with E-state index in [1.54, 1.807) is 15.9 Å². The minimum atomic E-state index is -0.0904. The van der Waals surface area contributed by atoms with Crippen molar-refractivity contribution in [2.75, 3.05) is 44.2 Å². The summed E-state index contributed by atoms with van der Waals surface area (Å²) < 4.78 is 0. The number of hydrogen-bond donors (Lipinski definition) is 0. The molecule has 2 aromatic rings. The Morgan fingerprint density at radius 2 is 1.74 bits per heavy atom. The maximum atomic E-state index is 12.9. The molecule has 1 aliphatic heterocycles. The van der Waals surface area contributed by atoms with Crippen LogP contribution in [-0.4, -0.2) is 71.4 Å². The summed E-state index contributed by atoms with van der Waals surface area (Å²) in [5.41, 5.74) is 1.28. The molecule has 0 N–H and O–H groups in total. The fourth-order valence-electron chi connectivity index (χ4n) is 3.15. The third-order valence-corrected chi connectivity index (χ3v) is 4.80. The van der Waals surface area contributed by atoms with Crippen LogP contribution in [0.5, 0.6) is 0 Å². The molecule has 0 spiro atoms. The molecule has 1 saturated heterocycles. The van der Waals surface area contributed by atoms with Gasteiger partial charge in [0.15, 0.2) is 5.82 Å². The van der Waals surface area contributed by atoms with Gasteiger partial charge in [-0.25, -0.2) is 9.97 Å². The number of aromatic nitrogens is 2. The quantitative estimate of drug-likeness (QED) is 0.730. The first-order chi connectivity index (χ1) is 13.2. The number of carbonyl (C=O) groups excluding carboxylic acids is 2. The van der Waals surface area contributed by atoms with Crippen molar-refractivity contribution in [3.63, 3.8) is 0 Å². The van der Waals surface area contributed by atoms with Gasteiger partial charge in [0.25, 0.3) is 5.91 Å². The molecule has 3 rings (SSSR count). The SMILES string of the molecule is CCN(CC)C(=O)c1cc(N2CCN(C=O)CC2)nc(-c2ccccc2)n1. The lowest BCUT2D eigenvalue weighted by Crippen LogP contribution is -2.46. The van der Waals surface area contributed by atoms with E-state index in [-0.39, 0.29) is 5.91 Å². The van der Waals surface area contributed by atoms with Crippen LogP contribution in [0.25, 0.3) is 11.4 Å². The van der Waals surface area contributed by atoms with Gasteiger partial charge in [-0.15, -0.1) is 0 Å². The molecule has 7 nitrogen and oxygen atoms in total. The summed E-state index contributed by atoms with van der Waals surface area (Å²) in [6.45, 7) is 7.84. The lowest BCUT2D eigenvalue weighted by Gasteiger charge is -2.33. The van der Waals surface area contributed by atoms with Gasteiger partial charge in [-0.3, -0.25) is 9.59 Å². The standard InChI is InChI=1S/C20H25N5O2/c1-3-24(4-2)20(27)17-14-18(25-12-10-23(15-26)11-13-25)22-19(21-17)16-8-6-5-7-9-16/h5-9,14-15H,3-4,10-13H2,1-2H3. The second kappa shape index (κ2) is 8.62. The van der Waals surface area contributed by atoms with Gasteiger partial charge in [-0.05, 0) is 13.8 Å². The lowest BCUT2D eigenvalue weighted by molar-refractivity contribution is -0.118. The van der Waals surface area contributed by atoms with E-state index in [4.69, 9.17) is 4.98 Å². The lowest BCUT2D eigenvalue weighted by atomic mass is 10.2. The predicted octanol–water partition coefficient (Wildman–Crippen LogP) is 1.90. The first-order valence-electron chi connectivity index (χ1n) is 9.34. The van der Waals surface area contributed by atoms with Crippen molar-refractivity contribution in [1.29, 1.82) is 0 Å². The Bertz CT molecular complexity index is 784. The number of hydrogen-bond acceptors (Lipinski definition) is 5. The molecule has 142 valence electrons. The Kier molecular flexibility index (Phi) is 6.01. The maximum Gasteiger partial charge on any atom is 0.272 e. The Morgan fingerprint density at radius 3 is 2.33 bits per heavy atom. The van der Waals surface area contributed by atoms with E-state index in [1.165, 1.54) is 0 Å². The van der Waals surface area contributed by atoms with Crippen molar-refractivity contribution in [1.82, 2.24) is 19.8 Å². The summed E-state index contributed by atoms with van der Waals surface area (Å²) in [7, 11) is 0. The van der Waals surface area contributed by atoms with E-state index in [0.717, 1.165) is 17.8 Å². The van der Waals surface area contributed by atoms with Crippen LogP contribution in [0.3, 0.4) is 0 Å². The molecule has 2 amide bonds. The van der Waals surface area contributed by atoms with Crippen molar-refractivity contribution in [3.05, 3.63) is 42.1 Å². The monoisotopic (exact) mass is 367 g/mol. The third-order valence-electron chi connectivity index (χ3n) is 4.80. The summed E-state index contributed by atoms with van der Waals surface area (Å²) in [6, 6.07) is 11.4. The van der Waals surface area contributed by atoms with Gasteiger partial charge >= 0.3 is 0 Å². The first kappa shape index (κ1) is 18.8. The van der Waals surface area contributed by atoms with Crippen molar-refractivity contribution >= 4 is 18.1 Å². The van der Waals surface area contributed by atoms with Crippen LogP contribution in [0.1, 0.15) is 24.3 Å². The summed E-state index contributed by atoms with van der Waals surface area (Å²) in [6.07, 6.45) is 0.877. The van der Waals surface area contributed by atoms with Gasteiger partial charge < -0.3 is 14.7 Å². The van der Waals surface area contributed by atoms with Crippen molar-refractivity contribution < 1.29 is 9.59 Å². The van der Waals surface area contributed by atoms with Gasteiger partial charge in [-0.1, -0.05) is 30.3 Å². The normalized spacial score (nSPS) is 14.1. The van der Waals surface area contributed by atoms with Gasteiger partial charge in [0.2, 0.25) is 6.41 Å². The van der Waals surface area contributed by atoms with Gasteiger partial charge in [0.05, 0.1) is 0 Å². The number of anilines is 1. The zero-order valence-corrected chi connectivity index (χ0v) is 15.8. The molecule has 1 aromatic carbocycles. The summed E-state index contributed by atoms with van der Waals surface area (Å²) >= 11 is 0. The van der Waals surface area contributed by atoms with E-state index in [9.17, 15) is 9.59 Å². The zero-order valence-electron chi connectivity index (χ0n) is 15.8. The number of benzene rings is 1. The molecular weight excluding hydrogens is 342 g/mol. The largest absolute Gasteiger partial charge is 0.353 e. The number of piperazine rings is 1. The highest BCUT2D eigenvalue weighted by Crippen LogP contribution is 2.22. The van der Waals surface area contributed by atoms with Crippen LogP contribution >= 0.6 is 0 Å². The van der Waals surface area contributed by atoms with E-state index in [1.807, 2.05) is 44.2 Å². The molecule has 1 fully saturated rings. The average Bonchev–Trinajstić information content (AvgIpc) is 2.75. The van der Waals surface area contributed by atoms with Crippen LogP contribution in [-0.2, 0) is 4.79 Å². The fraction of sp³-hybridized carbons (Fsp3) is 0.400. The average molecular weight is 367 g/mol. The molecule has 0 bridgehead atoms. The molecule has 0 saturated carbocycles. The number of nitrogens with zero attached hydrogens (tertiary/aromatic N) is 5. The predicted molar refractivity (Wildman–Crippen MR) is 105 cm³/mol. The zero-order chi connectivity index (χ0) is 19.2. The smallest absolute Gasteiger partial charge is 0.272 e. The van der Waals surface area contributed by atoms with Crippen LogP contribution < -0.4 is 4.90 Å². The minimum Gasteiger partial charge on any atom is -0.353 e. The number of carbonyl (C=O) groups is 2. The Hall–Kier alpha value is -2.96. The third kappa shape index (κ3) is 4.24. The van der Waals surface area contributed by atoms with Gasteiger partial charge in [-0.2, -0.15) is 0 Å². The van der Waals surface area contributed by atoms with E-state index < -0.39 is 0 Å². The molecule has 7 heteroatoms. The number of amides is 2. The van der Waals surface area contributed by atoms with E-state index in [0.29, 0.717) is 50.8 Å². The highest BCUT2D eigenvalue weighted by Gasteiger charge is 2.22. The molecule has 0 aliphatic carbocycles. The summed E-state index contributed by atoms with van der Waals surface area (Å²) in [5, 5.41) is 0. The Balaban J connectivity index is 1.98. The Labute approximate surface area is 159 Å². The number of rotatable bonds is 6. The van der Waals surface area contributed by atoms with Crippen molar-refractivity contribution in [2.24, 2.45) is 0 Å². The van der Waals surface area contributed by atoms with Crippen LogP contribution in [0, 0.1) is 0 Å². The minimum absolute atomic E-state index is 0.0904. The molecule has 1 aromatic heterocycles. The molecule has 0 radical (unpaired) electrons. The van der Waals surface area contributed by atoms with Crippen molar-refractivity contribution in [2.45, 2.75) is 13.8 Å². The summed E-state index contributed by atoms with van der Waals surface area (Å²) in [4.78, 5) is 38.7. The Morgan fingerprint density at radius 1 is 1.07 bits per heavy atom. The highest BCUT2D eigenvalue weighted by molar-refractivity contribution is 5.93. The van der Waals surface area contributed by atoms with Crippen LogP contribution in [0.15, 0.2) is 36.4 Å². The van der Waals surface area contributed by atoms with Crippen molar-refractivity contribution in [3.8, 4) is 11.4 Å². The second-order valence-corrected chi connectivity index (χ2v) is 6.41. The molecule has 2 heterocycles. The van der Waals surface area contributed by atoms with E-state index >= 15 is 0 Å². The molecule has 1 aliphatic rings. The van der Waals surface area contributed by atoms with Crippen LogP contribution in [0.4, 0.5) is 5.82 Å². The second-order valence-electron chi connectivity index (χ2n) is 6.41. The topological polar surface area (TPSA) is 69.6 Å². The maximum absolute atomic E-state index is 12.9.